The van der Waals surface area contributed by atoms with Crippen molar-refractivity contribution in [3.8, 4) is 0 Å². The number of nitrogens with one attached hydrogen (secondary N) is 1. The number of hydrogen-bond acceptors (Lipinski definition) is 2. The molecule has 118 valence electrons. The van der Waals surface area contributed by atoms with Crippen molar-refractivity contribution in [2.45, 2.75) is 25.8 Å². The summed E-state index contributed by atoms with van der Waals surface area (Å²) in [7, 11) is 0. The Morgan fingerprint density at radius 1 is 1.09 bits per heavy atom. The minimum Gasteiger partial charge on any atom is -0.365 e. The van der Waals surface area contributed by atoms with Crippen LogP contribution in [0.25, 0.3) is 0 Å². The Hall–Kier alpha value is -2.49. The molecule has 23 heavy (non-hydrogen) atoms. The van der Waals surface area contributed by atoms with Crippen LogP contribution in [0.15, 0.2) is 48.5 Å². The summed E-state index contributed by atoms with van der Waals surface area (Å²) in [6.45, 7) is 3.86. The third-order valence-corrected chi connectivity index (χ3v) is 4.88. The molecule has 0 bridgehead atoms. The summed E-state index contributed by atoms with van der Waals surface area (Å²) in [5.74, 6) is 0. The number of carbonyl (C=O) groups excluding carboxylic acids is 1. The molecule has 2 aliphatic rings. The van der Waals surface area contributed by atoms with Gasteiger partial charge in [-0.25, -0.2) is 4.79 Å². The predicted octanol–water partition coefficient (Wildman–Crippen LogP) is 4.02. The summed E-state index contributed by atoms with van der Waals surface area (Å²) in [5.41, 5.74) is 4.15. The van der Waals surface area contributed by atoms with Gasteiger partial charge >= 0.3 is 6.03 Å². The van der Waals surface area contributed by atoms with Gasteiger partial charge in [0, 0.05) is 24.8 Å². The Morgan fingerprint density at radius 2 is 1.83 bits per heavy atom. The first-order chi connectivity index (χ1) is 11.2. The molecule has 0 saturated carbocycles. The van der Waals surface area contributed by atoms with Crippen molar-refractivity contribution in [2.75, 3.05) is 28.2 Å². The molecular weight excluding hydrogens is 286 g/mol. The van der Waals surface area contributed by atoms with Gasteiger partial charge in [0.15, 0.2) is 0 Å². The number of anilines is 3. The molecule has 1 saturated heterocycles. The van der Waals surface area contributed by atoms with Crippen LogP contribution in [0.3, 0.4) is 0 Å². The number of nitrogens with zero attached hydrogens (tertiary/aromatic N) is 2. The van der Waals surface area contributed by atoms with Crippen molar-refractivity contribution in [1.82, 2.24) is 0 Å². The van der Waals surface area contributed by atoms with E-state index in [-0.39, 0.29) is 6.03 Å². The fraction of sp³-hybridized carbons (Fsp3) is 0.316. The van der Waals surface area contributed by atoms with Gasteiger partial charge in [0.2, 0.25) is 0 Å². The average Bonchev–Trinajstić information content (AvgIpc) is 3.05. The Kier molecular flexibility index (Phi) is 3.45. The number of carbonyl (C=O) groups is 1. The van der Waals surface area contributed by atoms with Crippen LogP contribution in [0, 0.1) is 6.92 Å². The highest BCUT2D eigenvalue weighted by molar-refractivity contribution is 6.05. The molecule has 1 fully saturated rings. The molecule has 2 aromatic carbocycles. The normalized spacial score (nSPS) is 19.3. The second-order valence-electron chi connectivity index (χ2n) is 6.33. The van der Waals surface area contributed by atoms with Gasteiger partial charge in [0.05, 0.1) is 11.4 Å². The van der Waals surface area contributed by atoms with Crippen LogP contribution in [0.2, 0.25) is 0 Å². The zero-order valence-corrected chi connectivity index (χ0v) is 13.3. The lowest BCUT2D eigenvalue weighted by Gasteiger charge is -2.40. The molecule has 2 aliphatic heterocycles. The highest BCUT2D eigenvalue weighted by Crippen LogP contribution is 2.39. The maximum Gasteiger partial charge on any atom is 0.326 e. The van der Waals surface area contributed by atoms with E-state index in [0.29, 0.717) is 6.04 Å². The molecule has 0 radical (unpaired) electrons. The SMILES string of the molecule is Cc1ccccc1NC(=O)N1CC2CCCN2c2ccccc21. The Bertz CT molecular complexity index is 743. The minimum absolute atomic E-state index is 0.0432. The van der Waals surface area contributed by atoms with E-state index in [1.807, 2.05) is 48.2 Å². The zero-order valence-electron chi connectivity index (χ0n) is 13.3. The minimum atomic E-state index is -0.0432. The predicted molar refractivity (Wildman–Crippen MR) is 94.4 cm³/mol. The molecule has 4 rings (SSSR count). The Labute approximate surface area is 136 Å². The van der Waals surface area contributed by atoms with Crippen LogP contribution in [-0.4, -0.2) is 25.2 Å². The number of fused-ring (bicyclic) bond motifs is 3. The van der Waals surface area contributed by atoms with E-state index in [4.69, 9.17) is 0 Å². The molecule has 1 unspecified atom stereocenters. The zero-order chi connectivity index (χ0) is 15.8. The third kappa shape index (κ3) is 2.44. The van der Waals surface area contributed by atoms with E-state index in [1.54, 1.807) is 0 Å². The molecule has 4 heteroatoms. The molecule has 1 atom stereocenters. The number of rotatable bonds is 1. The maximum absolute atomic E-state index is 12.9. The first-order valence-electron chi connectivity index (χ1n) is 8.24. The van der Waals surface area contributed by atoms with Crippen molar-refractivity contribution in [3.05, 3.63) is 54.1 Å². The molecule has 0 spiro atoms. The lowest BCUT2D eigenvalue weighted by Crippen LogP contribution is -2.49. The van der Waals surface area contributed by atoms with Gasteiger partial charge in [-0.2, -0.15) is 0 Å². The van der Waals surface area contributed by atoms with E-state index in [1.165, 1.54) is 12.1 Å². The number of para-hydroxylation sites is 3. The molecule has 1 N–H and O–H groups in total. The van der Waals surface area contributed by atoms with Gasteiger partial charge in [-0.15, -0.1) is 0 Å². The standard InChI is InChI=1S/C19H21N3O/c1-14-7-2-3-9-16(14)20-19(23)22-13-15-8-6-12-21(15)17-10-4-5-11-18(17)22/h2-5,7,9-11,15H,6,8,12-13H2,1H3,(H,20,23). The fourth-order valence-corrected chi connectivity index (χ4v) is 3.68. The largest absolute Gasteiger partial charge is 0.365 e. The van der Waals surface area contributed by atoms with Crippen molar-refractivity contribution >= 4 is 23.1 Å². The van der Waals surface area contributed by atoms with E-state index in [2.05, 4.69) is 22.3 Å². The third-order valence-electron chi connectivity index (χ3n) is 4.88. The van der Waals surface area contributed by atoms with E-state index < -0.39 is 0 Å². The number of amides is 2. The van der Waals surface area contributed by atoms with Crippen molar-refractivity contribution in [2.24, 2.45) is 0 Å². The van der Waals surface area contributed by atoms with Gasteiger partial charge in [0.25, 0.3) is 0 Å². The first kappa shape index (κ1) is 14.1. The van der Waals surface area contributed by atoms with Gasteiger partial charge in [-0.05, 0) is 43.5 Å². The van der Waals surface area contributed by atoms with Crippen molar-refractivity contribution in [1.29, 1.82) is 0 Å². The maximum atomic E-state index is 12.9. The van der Waals surface area contributed by atoms with Crippen LogP contribution in [0.4, 0.5) is 21.9 Å². The fourth-order valence-electron chi connectivity index (χ4n) is 3.68. The van der Waals surface area contributed by atoms with Crippen molar-refractivity contribution in [3.63, 3.8) is 0 Å². The Balaban J connectivity index is 1.65. The summed E-state index contributed by atoms with van der Waals surface area (Å²) < 4.78 is 0. The highest BCUT2D eigenvalue weighted by atomic mass is 16.2. The molecule has 2 amide bonds. The number of urea groups is 1. The summed E-state index contributed by atoms with van der Waals surface area (Å²) in [6, 6.07) is 16.5. The van der Waals surface area contributed by atoms with Crippen LogP contribution in [-0.2, 0) is 0 Å². The van der Waals surface area contributed by atoms with Gasteiger partial charge in [-0.3, -0.25) is 4.90 Å². The smallest absolute Gasteiger partial charge is 0.326 e. The van der Waals surface area contributed by atoms with Gasteiger partial charge in [-0.1, -0.05) is 30.3 Å². The first-order valence-corrected chi connectivity index (χ1v) is 8.24. The molecule has 0 aliphatic carbocycles. The summed E-state index contributed by atoms with van der Waals surface area (Å²) in [5, 5.41) is 3.07. The van der Waals surface area contributed by atoms with Crippen LogP contribution < -0.4 is 15.1 Å². The topological polar surface area (TPSA) is 35.6 Å². The summed E-state index contributed by atoms with van der Waals surface area (Å²) >= 11 is 0. The molecular formula is C19H21N3O. The van der Waals surface area contributed by atoms with E-state index in [0.717, 1.165) is 36.4 Å². The second-order valence-corrected chi connectivity index (χ2v) is 6.33. The number of aryl methyl sites for hydroxylation is 1. The quantitative estimate of drug-likeness (QED) is 0.864. The average molecular weight is 307 g/mol. The lowest BCUT2D eigenvalue weighted by atomic mass is 10.1. The number of benzene rings is 2. The number of hydrogen-bond donors (Lipinski definition) is 1. The molecule has 2 heterocycles. The molecule has 4 nitrogen and oxygen atoms in total. The van der Waals surface area contributed by atoms with E-state index >= 15 is 0 Å². The second kappa shape index (κ2) is 5.61. The van der Waals surface area contributed by atoms with Crippen LogP contribution in [0.5, 0.6) is 0 Å². The van der Waals surface area contributed by atoms with Crippen LogP contribution >= 0.6 is 0 Å². The van der Waals surface area contributed by atoms with E-state index in [9.17, 15) is 4.79 Å². The van der Waals surface area contributed by atoms with Crippen LogP contribution in [0.1, 0.15) is 18.4 Å². The highest BCUT2D eigenvalue weighted by Gasteiger charge is 2.36. The molecule has 2 aromatic rings. The monoisotopic (exact) mass is 307 g/mol. The molecule has 0 aromatic heterocycles. The van der Waals surface area contributed by atoms with Gasteiger partial charge in [0.1, 0.15) is 0 Å². The van der Waals surface area contributed by atoms with Gasteiger partial charge < -0.3 is 10.2 Å². The lowest BCUT2D eigenvalue weighted by molar-refractivity contribution is 0.256. The Morgan fingerprint density at radius 3 is 2.65 bits per heavy atom. The van der Waals surface area contributed by atoms with Crippen molar-refractivity contribution < 1.29 is 4.79 Å². The summed E-state index contributed by atoms with van der Waals surface area (Å²) in [4.78, 5) is 17.2. The summed E-state index contributed by atoms with van der Waals surface area (Å²) in [6.07, 6.45) is 2.36.